The maximum Gasteiger partial charge on any atom is 0.161 e. The Morgan fingerprint density at radius 3 is 2.65 bits per heavy atom. The fourth-order valence-corrected chi connectivity index (χ4v) is 1.84. The lowest BCUT2D eigenvalue weighted by Gasteiger charge is -2.35. The standard InChI is InChI=1S/C13H15NO3/c1-3-17-11-5-4-10(6-12(11)15-2)13(7-14)8-16-9-13/h4-6H,3,8-9H2,1-2H3. The van der Waals surface area contributed by atoms with Crippen LogP contribution in [-0.2, 0) is 10.2 Å². The van der Waals surface area contributed by atoms with Crippen molar-refractivity contribution in [1.82, 2.24) is 0 Å². The van der Waals surface area contributed by atoms with Gasteiger partial charge >= 0.3 is 0 Å². The zero-order valence-corrected chi connectivity index (χ0v) is 10.0. The second kappa shape index (κ2) is 4.64. The summed E-state index contributed by atoms with van der Waals surface area (Å²) in [6, 6.07) is 7.91. The molecule has 0 spiro atoms. The molecule has 0 atom stereocenters. The molecule has 90 valence electrons. The van der Waals surface area contributed by atoms with Gasteiger partial charge in [-0.25, -0.2) is 0 Å². The summed E-state index contributed by atoms with van der Waals surface area (Å²) in [5.74, 6) is 1.36. The molecule has 4 nitrogen and oxygen atoms in total. The second-order valence-electron chi connectivity index (χ2n) is 3.99. The van der Waals surface area contributed by atoms with Crippen molar-refractivity contribution in [2.24, 2.45) is 0 Å². The molecule has 1 aromatic rings. The minimum Gasteiger partial charge on any atom is -0.493 e. The van der Waals surface area contributed by atoms with Crippen molar-refractivity contribution < 1.29 is 14.2 Å². The van der Waals surface area contributed by atoms with Gasteiger partial charge in [-0.1, -0.05) is 6.07 Å². The molecule has 4 heteroatoms. The Kier molecular flexibility index (Phi) is 3.21. The molecule has 0 saturated carbocycles. The summed E-state index contributed by atoms with van der Waals surface area (Å²) in [5, 5.41) is 9.22. The van der Waals surface area contributed by atoms with Crippen LogP contribution in [0.4, 0.5) is 0 Å². The van der Waals surface area contributed by atoms with Crippen LogP contribution < -0.4 is 9.47 Å². The Balaban J connectivity index is 2.35. The monoisotopic (exact) mass is 233 g/mol. The Bertz CT molecular complexity index is 446. The molecule has 1 aromatic carbocycles. The van der Waals surface area contributed by atoms with Crippen molar-refractivity contribution in [2.45, 2.75) is 12.3 Å². The highest BCUT2D eigenvalue weighted by Crippen LogP contribution is 2.37. The van der Waals surface area contributed by atoms with E-state index in [1.54, 1.807) is 7.11 Å². The number of methoxy groups -OCH3 is 1. The fourth-order valence-electron chi connectivity index (χ4n) is 1.84. The van der Waals surface area contributed by atoms with Gasteiger partial charge in [0.05, 0.1) is 33.0 Å². The average Bonchev–Trinajstić information content (AvgIpc) is 2.30. The maximum absolute atomic E-state index is 9.22. The van der Waals surface area contributed by atoms with Gasteiger partial charge in [-0.2, -0.15) is 5.26 Å². The van der Waals surface area contributed by atoms with Crippen molar-refractivity contribution in [1.29, 1.82) is 5.26 Å². The Labute approximate surface area is 101 Å². The molecule has 1 fully saturated rings. The quantitative estimate of drug-likeness (QED) is 0.796. The van der Waals surface area contributed by atoms with E-state index in [0.717, 1.165) is 5.56 Å². The highest BCUT2D eigenvalue weighted by atomic mass is 16.5. The van der Waals surface area contributed by atoms with Gasteiger partial charge < -0.3 is 14.2 Å². The van der Waals surface area contributed by atoms with E-state index in [4.69, 9.17) is 14.2 Å². The number of ether oxygens (including phenoxy) is 3. The van der Waals surface area contributed by atoms with Gasteiger partial charge in [0.1, 0.15) is 5.41 Å². The van der Waals surface area contributed by atoms with E-state index in [1.165, 1.54) is 0 Å². The summed E-state index contributed by atoms with van der Waals surface area (Å²) in [6.07, 6.45) is 0. The SMILES string of the molecule is CCOc1ccc(C2(C#N)COC2)cc1OC. The zero-order chi connectivity index (χ0) is 12.3. The molecular weight excluding hydrogens is 218 g/mol. The molecule has 17 heavy (non-hydrogen) atoms. The van der Waals surface area contributed by atoms with Crippen molar-refractivity contribution >= 4 is 0 Å². The van der Waals surface area contributed by atoms with Crippen LogP contribution in [0.5, 0.6) is 11.5 Å². The summed E-state index contributed by atoms with van der Waals surface area (Å²) >= 11 is 0. The van der Waals surface area contributed by atoms with Crippen LogP contribution in [-0.4, -0.2) is 26.9 Å². The van der Waals surface area contributed by atoms with Crippen LogP contribution in [0.1, 0.15) is 12.5 Å². The average molecular weight is 233 g/mol. The van der Waals surface area contributed by atoms with Crippen LogP contribution in [0, 0.1) is 11.3 Å². The van der Waals surface area contributed by atoms with Crippen LogP contribution in [0.3, 0.4) is 0 Å². The van der Waals surface area contributed by atoms with Gasteiger partial charge in [0.2, 0.25) is 0 Å². The molecule has 1 heterocycles. The molecule has 2 rings (SSSR count). The topological polar surface area (TPSA) is 51.5 Å². The van der Waals surface area contributed by atoms with Crippen molar-refractivity contribution in [3.05, 3.63) is 23.8 Å². The van der Waals surface area contributed by atoms with Crippen molar-refractivity contribution in [3.63, 3.8) is 0 Å². The van der Waals surface area contributed by atoms with Gasteiger partial charge in [-0.05, 0) is 24.6 Å². The molecule has 1 saturated heterocycles. The first-order valence-corrected chi connectivity index (χ1v) is 5.56. The van der Waals surface area contributed by atoms with E-state index in [2.05, 4.69) is 6.07 Å². The van der Waals surface area contributed by atoms with Gasteiger partial charge in [-0.15, -0.1) is 0 Å². The summed E-state index contributed by atoms with van der Waals surface area (Å²) in [5.41, 5.74) is 0.407. The lowest BCUT2D eigenvalue weighted by molar-refractivity contribution is -0.0298. The third-order valence-electron chi connectivity index (χ3n) is 2.93. The third kappa shape index (κ3) is 1.94. The lowest BCUT2D eigenvalue weighted by Crippen LogP contribution is -2.45. The summed E-state index contributed by atoms with van der Waals surface area (Å²) in [6.45, 7) is 3.40. The minimum absolute atomic E-state index is 0.445. The summed E-state index contributed by atoms with van der Waals surface area (Å²) in [7, 11) is 1.60. The maximum atomic E-state index is 9.22. The van der Waals surface area contributed by atoms with Crippen LogP contribution in [0.2, 0.25) is 0 Å². The predicted octanol–water partition coefficient (Wildman–Crippen LogP) is 1.89. The largest absolute Gasteiger partial charge is 0.493 e. The van der Waals surface area contributed by atoms with E-state index in [9.17, 15) is 5.26 Å². The Morgan fingerprint density at radius 2 is 2.18 bits per heavy atom. The Morgan fingerprint density at radius 1 is 1.41 bits per heavy atom. The first-order valence-electron chi connectivity index (χ1n) is 5.56. The molecule has 0 bridgehead atoms. The smallest absolute Gasteiger partial charge is 0.161 e. The normalized spacial score (nSPS) is 16.8. The van der Waals surface area contributed by atoms with Crippen LogP contribution >= 0.6 is 0 Å². The van der Waals surface area contributed by atoms with Crippen molar-refractivity contribution in [2.75, 3.05) is 26.9 Å². The van der Waals surface area contributed by atoms with Gasteiger partial charge in [0.15, 0.2) is 11.5 Å². The highest BCUT2D eigenvalue weighted by molar-refractivity contribution is 5.48. The fraction of sp³-hybridized carbons (Fsp3) is 0.462. The first-order chi connectivity index (χ1) is 8.25. The van der Waals surface area contributed by atoms with E-state index in [1.807, 2.05) is 25.1 Å². The van der Waals surface area contributed by atoms with Crippen LogP contribution in [0.25, 0.3) is 0 Å². The molecule has 0 unspecified atom stereocenters. The van der Waals surface area contributed by atoms with Gasteiger partial charge in [-0.3, -0.25) is 0 Å². The molecule has 0 aromatic heterocycles. The second-order valence-corrected chi connectivity index (χ2v) is 3.99. The molecule has 0 radical (unpaired) electrons. The first kappa shape index (κ1) is 11.7. The Hall–Kier alpha value is -1.73. The van der Waals surface area contributed by atoms with E-state index in [0.29, 0.717) is 31.3 Å². The van der Waals surface area contributed by atoms with Gasteiger partial charge in [0, 0.05) is 0 Å². The number of hydrogen-bond acceptors (Lipinski definition) is 4. The lowest BCUT2D eigenvalue weighted by atomic mass is 9.80. The zero-order valence-electron chi connectivity index (χ0n) is 10.0. The number of nitrogens with zero attached hydrogens (tertiary/aromatic N) is 1. The number of hydrogen-bond donors (Lipinski definition) is 0. The number of benzene rings is 1. The van der Waals surface area contributed by atoms with E-state index in [-0.39, 0.29) is 0 Å². The molecule has 0 aliphatic carbocycles. The van der Waals surface area contributed by atoms with E-state index >= 15 is 0 Å². The van der Waals surface area contributed by atoms with E-state index < -0.39 is 5.41 Å². The molecule has 1 aliphatic heterocycles. The molecular formula is C13H15NO3. The molecule has 0 N–H and O–H groups in total. The number of rotatable bonds is 4. The van der Waals surface area contributed by atoms with Gasteiger partial charge in [0.25, 0.3) is 0 Å². The minimum atomic E-state index is -0.516. The summed E-state index contributed by atoms with van der Waals surface area (Å²) < 4.78 is 15.9. The number of nitriles is 1. The third-order valence-corrected chi connectivity index (χ3v) is 2.93. The van der Waals surface area contributed by atoms with Crippen LogP contribution in [0.15, 0.2) is 18.2 Å². The molecule has 0 amide bonds. The highest BCUT2D eigenvalue weighted by Gasteiger charge is 2.41. The van der Waals surface area contributed by atoms with Crippen molar-refractivity contribution in [3.8, 4) is 17.6 Å². The molecule has 1 aliphatic rings. The summed E-state index contributed by atoms with van der Waals surface area (Å²) in [4.78, 5) is 0. The predicted molar refractivity (Wildman–Crippen MR) is 62.3 cm³/mol.